The quantitative estimate of drug-likeness (QED) is 0.868. The summed E-state index contributed by atoms with van der Waals surface area (Å²) in [6.07, 6.45) is 1.95. The van der Waals surface area contributed by atoms with E-state index in [1.54, 1.807) is 20.8 Å². The van der Waals surface area contributed by atoms with Crippen LogP contribution >= 0.6 is 0 Å². The van der Waals surface area contributed by atoms with Gasteiger partial charge in [-0.1, -0.05) is 6.07 Å². The largest absolute Gasteiger partial charge is 0.352 e. The van der Waals surface area contributed by atoms with Crippen molar-refractivity contribution in [2.75, 3.05) is 0 Å². The minimum absolute atomic E-state index is 0.212. The number of nitrogens with one attached hydrogen (secondary N) is 2. The second-order valence-corrected chi connectivity index (χ2v) is 7.87. The molecule has 0 aliphatic heterocycles. The third kappa shape index (κ3) is 3.50. The first-order valence-electron chi connectivity index (χ1n) is 7.53. The van der Waals surface area contributed by atoms with Crippen molar-refractivity contribution in [3.63, 3.8) is 0 Å². The maximum Gasteiger partial charge on any atom is 0.241 e. The normalized spacial score (nSPS) is 16.4. The van der Waals surface area contributed by atoms with Crippen molar-refractivity contribution in [2.24, 2.45) is 0 Å². The maximum atomic E-state index is 12.7. The molecular weight excluding hydrogens is 300 g/mol. The molecule has 6 heteroatoms. The molecule has 1 saturated carbocycles. The van der Waals surface area contributed by atoms with E-state index in [1.165, 1.54) is 0 Å². The molecule has 2 N–H and O–H groups in total. The fraction of sp³-hybridized carbons (Fsp3) is 0.562. The zero-order valence-corrected chi connectivity index (χ0v) is 14.6. The predicted octanol–water partition coefficient (Wildman–Crippen LogP) is 1.87. The Hall–Kier alpha value is -1.40. The van der Waals surface area contributed by atoms with Crippen LogP contribution in [0.5, 0.6) is 0 Å². The summed E-state index contributed by atoms with van der Waals surface area (Å²) in [4.78, 5) is 12.3. The van der Waals surface area contributed by atoms with Crippen LogP contribution in [0.1, 0.15) is 42.0 Å². The highest BCUT2D eigenvalue weighted by Gasteiger charge is 2.29. The van der Waals surface area contributed by atoms with Crippen LogP contribution in [-0.2, 0) is 14.8 Å². The number of carbonyl (C=O) groups is 1. The molecule has 1 atom stereocenters. The van der Waals surface area contributed by atoms with E-state index in [0.717, 1.165) is 35.1 Å². The van der Waals surface area contributed by atoms with Crippen molar-refractivity contribution < 1.29 is 13.2 Å². The molecule has 22 heavy (non-hydrogen) atoms. The van der Waals surface area contributed by atoms with Gasteiger partial charge in [-0.15, -0.1) is 0 Å². The average molecular weight is 324 g/mol. The molecule has 0 aromatic heterocycles. The summed E-state index contributed by atoms with van der Waals surface area (Å²) in [5.74, 6) is -0.272. The van der Waals surface area contributed by atoms with E-state index in [4.69, 9.17) is 0 Å². The molecule has 1 unspecified atom stereocenters. The number of amides is 1. The third-order valence-corrected chi connectivity index (χ3v) is 6.03. The van der Waals surface area contributed by atoms with Crippen LogP contribution in [0, 0.1) is 27.7 Å². The lowest BCUT2D eigenvalue weighted by molar-refractivity contribution is -0.122. The number of hydrogen-bond donors (Lipinski definition) is 2. The van der Waals surface area contributed by atoms with Crippen molar-refractivity contribution in [3.8, 4) is 0 Å². The molecule has 0 bridgehead atoms. The summed E-state index contributed by atoms with van der Waals surface area (Å²) in [7, 11) is -3.74. The van der Waals surface area contributed by atoms with Crippen LogP contribution in [0.4, 0.5) is 0 Å². The number of benzene rings is 1. The van der Waals surface area contributed by atoms with Gasteiger partial charge in [-0.2, -0.15) is 4.72 Å². The fourth-order valence-electron chi connectivity index (χ4n) is 2.48. The van der Waals surface area contributed by atoms with Gasteiger partial charge >= 0.3 is 0 Å². The van der Waals surface area contributed by atoms with Gasteiger partial charge in [0.05, 0.1) is 10.9 Å². The molecule has 1 aromatic rings. The lowest BCUT2D eigenvalue weighted by Gasteiger charge is -2.19. The van der Waals surface area contributed by atoms with E-state index in [2.05, 4.69) is 10.0 Å². The number of sulfonamides is 1. The molecule has 0 spiro atoms. The predicted molar refractivity (Wildman–Crippen MR) is 86.3 cm³/mol. The van der Waals surface area contributed by atoms with E-state index in [1.807, 2.05) is 19.9 Å². The van der Waals surface area contributed by atoms with Gasteiger partial charge in [0.15, 0.2) is 0 Å². The number of carbonyl (C=O) groups excluding carboxylic acids is 1. The highest BCUT2D eigenvalue weighted by Crippen LogP contribution is 2.26. The molecule has 1 aliphatic carbocycles. The molecule has 2 rings (SSSR count). The molecule has 0 heterocycles. The van der Waals surface area contributed by atoms with Crippen molar-refractivity contribution >= 4 is 15.9 Å². The van der Waals surface area contributed by atoms with Gasteiger partial charge in [0.1, 0.15) is 0 Å². The van der Waals surface area contributed by atoms with Gasteiger partial charge in [0, 0.05) is 6.04 Å². The third-order valence-electron chi connectivity index (χ3n) is 4.21. The van der Waals surface area contributed by atoms with Crippen molar-refractivity contribution in [1.29, 1.82) is 0 Å². The number of aryl methyl sites for hydroxylation is 2. The number of rotatable bonds is 5. The molecule has 1 aliphatic rings. The number of hydrogen-bond acceptors (Lipinski definition) is 3. The second kappa shape index (κ2) is 6.01. The molecule has 0 saturated heterocycles. The molecule has 1 aromatic carbocycles. The minimum atomic E-state index is -3.74. The Labute approximate surface area is 132 Å². The van der Waals surface area contributed by atoms with Crippen LogP contribution in [0.2, 0.25) is 0 Å². The Bertz CT molecular complexity index is 680. The molecule has 5 nitrogen and oxygen atoms in total. The highest BCUT2D eigenvalue weighted by atomic mass is 32.2. The Morgan fingerprint density at radius 1 is 1.14 bits per heavy atom. The standard InChI is InChI=1S/C16H24N2O3S/c1-9-8-10(2)12(4)15(11(9)3)22(20,21)18-13(5)16(19)17-14-6-7-14/h8,13-14,18H,6-7H2,1-5H3,(H,17,19). The van der Waals surface area contributed by atoms with E-state index in [0.29, 0.717) is 0 Å². The fourth-order valence-corrected chi connectivity index (χ4v) is 4.30. The van der Waals surface area contributed by atoms with Crippen molar-refractivity contribution in [1.82, 2.24) is 10.0 Å². The monoisotopic (exact) mass is 324 g/mol. The summed E-state index contributed by atoms with van der Waals surface area (Å²) in [6, 6.07) is 1.40. The first-order valence-corrected chi connectivity index (χ1v) is 9.02. The van der Waals surface area contributed by atoms with Gasteiger partial charge in [0.2, 0.25) is 15.9 Å². The van der Waals surface area contributed by atoms with E-state index in [9.17, 15) is 13.2 Å². The molecular formula is C16H24N2O3S. The van der Waals surface area contributed by atoms with Crippen LogP contribution in [0.25, 0.3) is 0 Å². The van der Waals surface area contributed by atoms with Crippen LogP contribution in [-0.4, -0.2) is 26.4 Å². The molecule has 1 fully saturated rings. The maximum absolute atomic E-state index is 12.7. The van der Waals surface area contributed by atoms with Crippen molar-refractivity contribution in [3.05, 3.63) is 28.3 Å². The van der Waals surface area contributed by atoms with Crippen molar-refractivity contribution in [2.45, 2.75) is 64.4 Å². The summed E-state index contributed by atoms with van der Waals surface area (Å²) < 4.78 is 27.9. The van der Waals surface area contributed by atoms with Crippen LogP contribution in [0.15, 0.2) is 11.0 Å². The van der Waals surface area contributed by atoms with Gasteiger partial charge in [-0.05, 0) is 69.7 Å². The van der Waals surface area contributed by atoms with E-state index < -0.39 is 16.1 Å². The Kier molecular flexibility index (Phi) is 4.63. The molecule has 122 valence electrons. The van der Waals surface area contributed by atoms with E-state index in [-0.39, 0.29) is 16.8 Å². The van der Waals surface area contributed by atoms with Crippen LogP contribution in [0.3, 0.4) is 0 Å². The summed E-state index contributed by atoms with van der Waals surface area (Å²) in [6.45, 7) is 8.95. The Balaban J connectivity index is 2.28. The van der Waals surface area contributed by atoms with Gasteiger partial charge in [-0.25, -0.2) is 8.42 Å². The first kappa shape index (κ1) is 17.0. The molecule has 0 radical (unpaired) electrons. The summed E-state index contributed by atoms with van der Waals surface area (Å²) >= 11 is 0. The Morgan fingerprint density at radius 2 is 1.64 bits per heavy atom. The Morgan fingerprint density at radius 3 is 2.09 bits per heavy atom. The van der Waals surface area contributed by atoms with Gasteiger partial charge in [-0.3, -0.25) is 4.79 Å². The lowest BCUT2D eigenvalue weighted by Crippen LogP contribution is -2.45. The zero-order valence-electron chi connectivity index (χ0n) is 13.8. The van der Waals surface area contributed by atoms with Gasteiger partial charge < -0.3 is 5.32 Å². The van der Waals surface area contributed by atoms with Gasteiger partial charge in [0.25, 0.3) is 0 Å². The first-order chi connectivity index (χ1) is 10.1. The SMILES string of the molecule is Cc1cc(C)c(C)c(S(=O)(=O)NC(C)C(=O)NC2CC2)c1C. The summed E-state index contributed by atoms with van der Waals surface area (Å²) in [5.41, 5.74) is 3.31. The smallest absolute Gasteiger partial charge is 0.241 e. The average Bonchev–Trinajstić information content (AvgIpc) is 3.19. The van der Waals surface area contributed by atoms with E-state index >= 15 is 0 Å². The van der Waals surface area contributed by atoms with Crippen LogP contribution < -0.4 is 10.0 Å². The lowest BCUT2D eigenvalue weighted by atomic mass is 10.0. The summed E-state index contributed by atoms with van der Waals surface area (Å²) in [5, 5.41) is 2.81. The topological polar surface area (TPSA) is 75.3 Å². The molecule has 1 amide bonds. The zero-order chi connectivity index (χ0) is 16.7. The minimum Gasteiger partial charge on any atom is -0.352 e. The highest BCUT2D eigenvalue weighted by molar-refractivity contribution is 7.89. The second-order valence-electron chi connectivity index (χ2n) is 6.22.